The molecule has 0 N–H and O–H groups in total. The van der Waals surface area contributed by atoms with Gasteiger partial charge in [-0.15, -0.1) is 0 Å². The fourth-order valence-electron chi connectivity index (χ4n) is 1.22. The molecule has 0 bridgehead atoms. The Balaban J connectivity index is 3.09. The summed E-state index contributed by atoms with van der Waals surface area (Å²) in [6.45, 7) is 3.05. The van der Waals surface area contributed by atoms with Crippen LogP contribution in [0.1, 0.15) is 11.1 Å². The SMILES string of the molecule is C=C(F)/C(=N\C)c1ccc(C(F)(F)F)cc1. The maximum Gasteiger partial charge on any atom is 0.416 e. The van der Waals surface area contributed by atoms with Gasteiger partial charge in [-0.2, -0.15) is 13.2 Å². The van der Waals surface area contributed by atoms with Gasteiger partial charge in [0.05, 0.1) is 11.3 Å². The molecule has 1 rings (SSSR count). The predicted molar refractivity (Wildman–Crippen MR) is 54.2 cm³/mol. The molecule has 0 saturated carbocycles. The zero-order valence-electron chi connectivity index (χ0n) is 8.48. The van der Waals surface area contributed by atoms with Crippen molar-refractivity contribution in [1.82, 2.24) is 0 Å². The number of alkyl halides is 3. The van der Waals surface area contributed by atoms with E-state index in [4.69, 9.17) is 0 Å². The van der Waals surface area contributed by atoms with Crippen molar-refractivity contribution in [2.24, 2.45) is 4.99 Å². The van der Waals surface area contributed by atoms with Crippen LogP contribution in [0, 0.1) is 0 Å². The van der Waals surface area contributed by atoms with E-state index in [9.17, 15) is 17.6 Å². The Kier molecular flexibility index (Phi) is 3.47. The molecule has 0 unspecified atom stereocenters. The maximum absolute atomic E-state index is 12.8. The number of allylic oxidation sites excluding steroid dienone is 1. The van der Waals surface area contributed by atoms with Crippen molar-refractivity contribution in [2.45, 2.75) is 6.18 Å². The monoisotopic (exact) mass is 231 g/mol. The van der Waals surface area contributed by atoms with Crippen LogP contribution in [0.5, 0.6) is 0 Å². The zero-order chi connectivity index (χ0) is 12.3. The highest BCUT2D eigenvalue weighted by Crippen LogP contribution is 2.29. The number of aliphatic imine (C=N–C) groups is 1. The highest BCUT2D eigenvalue weighted by atomic mass is 19.4. The van der Waals surface area contributed by atoms with Gasteiger partial charge < -0.3 is 0 Å². The van der Waals surface area contributed by atoms with Gasteiger partial charge >= 0.3 is 6.18 Å². The van der Waals surface area contributed by atoms with Crippen LogP contribution in [-0.2, 0) is 6.18 Å². The smallest absolute Gasteiger partial charge is 0.285 e. The van der Waals surface area contributed by atoms with Gasteiger partial charge in [0.2, 0.25) is 0 Å². The van der Waals surface area contributed by atoms with E-state index in [-0.39, 0.29) is 11.3 Å². The number of hydrogen-bond donors (Lipinski definition) is 0. The lowest BCUT2D eigenvalue weighted by Gasteiger charge is -2.07. The average Bonchev–Trinajstić information content (AvgIpc) is 2.17. The first kappa shape index (κ1) is 12.4. The van der Waals surface area contributed by atoms with Crippen LogP contribution in [0.15, 0.2) is 41.7 Å². The van der Waals surface area contributed by atoms with E-state index in [2.05, 4.69) is 11.6 Å². The molecule has 0 heterocycles. The topological polar surface area (TPSA) is 12.4 Å². The van der Waals surface area contributed by atoms with Crippen LogP contribution >= 0.6 is 0 Å². The molecule has 0 aliphatic rings. The summed E-state index contributed by atoms with van der Waals surface area (Å²) < 4.78 is 49.6. The first-order valence-corrected chi connectivity index (χ1v) is 4.35. The number of halogens is 4. The Labute approximate surface area is 90.1 Å². The molecule has 0 aromatic heterocycles. The first-order valence-electron chi connectivity index (χ1n) is 4.35. The predicted octanol–water partition coefficient (Wildman–Crippen LogP) is 3.61. The second-order valence-corrected chi connectivity index (χ2v) is 3.05. The molecule has 0 saturated heterocycles. The third kappa shape index (κ3) is 2.68. The summed E-state index contributed by atoms with van der Waals surface area (Å²) in [5.41, 5.74) is -0.562. The maximum atomic E-state index is 12.8. The Morgan fingerprint density at radius 2 is 1.69 bits per heavy atom. The van der Waals surface area contributed by atoms with E-state index >= 15 is 0 Å². The minimum Gasteiger partial charge on any atom is -0.285 e. The molecule has 1 aromatic rings. The van der Waals surface area contributed by atoms with Crippen molar-refractivity contribution in [2.75, 3.05) is 7.05 Å². The molecule has 0 aliphatic carbocycles. The van der Waals surface area contributed by atoms with E-state index in [1.54, 1.807) is 0 Å². The summed E-state index contributed by atoms with van der Waals surface area (Å²) in [5.74, 6) is -0.776. The zero-order valence-corrected chi connectivity index (χ0v) is 8.48. The first-order chi connectivity index (χ1) is 7.36. The van der Waals surface area contributed by atoms with Crippen molar-refractivity contribution in [3.8, 4) is 0 Å². The van der Waals surface area contributed by atoms with Crippen LogP contribution in [0.2, 0.25) is 0 Å². The Morgan fingerprint density at radius 1 is 1.19 bits per heavy atom. The lowest BCUT2D eigenvalue weighted by atomic mass is 10.1. The van der Waals surface area contributed by atoms with Crippen molar-refractivity contribution in [3.63, 3.8) is 0 Å². The number of nitrogens with zero attached hydrogens (tertiary/aromatic N) is 1. The van der Waals surface area contributed by atoms with Gasteiger partial charge in [0.15, 0.2) is 0 Å². The van der Waals surface area contributed by atoms with Crippen molar-refractivity contribution in [3.05, 3.63) is 47.8 Å². The molecule has 0 fully saturated rings. The largest absolute Gasteiger partial charge is 0.416 e. The molecule has 0 amide bonds. The summed E-state index contributed by atoms with van der Waals surface area (Å²) in [4.78, 5) is 3.61. The Bertz CT molecular complexity index is 415. The van der Waals surface area contributed by atoms with Crippen molar-refractivity contribution < 1.29 is 17.6 Å². The standard InChI is InChI=1S/C11H9F4N/c1-7(12)10(16-2)8-3-5-9(6-4-8)11(13,14)15/h3-6H,1H2,2H3/b16-10+. The molecule has 1 aromatic carbocycles. The number of rotatable bonds is 2. The number of hydrogen-bond acceptors (Lipinski definition) is 1. The van der Waals surface area contributed by atoms with Gasteiger partial charge in [-0.3, -0.25) is 4.99 Å². The van der Waals surface area contributed by atoms with Crippen LogP contribution in [-0.4, -0.2) is 12.8 Å². The van der Waals surface area contributed by atoms with Gasteiger partial charge in [0, 0.05) is 12.6 Å². The second-order valence-electron chi connectivity index (χ2n) is 3.05. The van der Waals surface area contributed by atoms with Crippen LogP contribution in [0.4, 0.5) is 17.6 Å². The summed E-state index contributed by atoms with van der Waals surface area (Å²) in [6.07, 6.45) is -4.39. The molecule has 0 aliphatic heterocycles. The molecular weight excluding hydrogens is 222 g/mol. The van der Waals surface area contributed by atoms with Gasteiger partial charge in [-0.25, -0.2) is 4.39 Å². The molecule has 0 atom stereocenters. The van der Waals surface area contributed by atoms with E-state index in [1.165, 1.54) is 7.05 Å². The van der Waals surface area contributed by atoms with Crippen LogP contribution in [0.3, 0.4) is 0 Å². The molecule has 0 radical (unpaired) electrons. The Morgan fingerprint density at radius 3 is 2.00 bits per heavy atom. The second kappa shape index (κ2) is 4.47. The quantitative estimate of drug-likeness (QED) is 0.544. The van der Waals surface area contributed by atoms with E-state index in [1.807, 2.05) is 0 Å². The van der Waals surface area contributed by atoms with Crippen molar-refractivity contribution >= 4 is 5.71 Å². The lowest BCUT2D eigenvalue weighted by Crippen LogP contribution is -2.06. The third-order valence-electron chi connectivity index (χ3n) is 1.97. The summed E-state index contributed by atoms with van der Waals surface area (Å²) in [6, 6.07) is 4.08. The van der Waals surface area contributed by atoms with Crippen LogP contribution in [0.25, 0.3) is 0 Å². The fraction of sp³-hybridized carbons (Fsp3) is 0.182. The Hall–Kier alpha value is -1.65. The molecular formula is C11H9F4N. The van der Waals surface area contributed by atoms with Gasteiger partial charge in [-0.1, -0.05) is 18.7 Å². The molecule has 86 valence electrons. The molecule has 0 spiro atoms. The summed E-state index contributed by atoms with van der Waals surface area (Å²) >= 11 is 0. The number of benzene rings is 1. The normalized spacial score (nSPS) is 12.7. The molecule has 16 heavy (non-hydrogen) atoms. The highest BCUT2D eigenvalue weighted by molar-refractivity contribution is 6.10. The minimum absolute atomic E-state index is 0.0475. The summed E-state index contributed by atoms with van der Waals surface area (Å²) in [7, 11) is 1.35. The third-order valence-corrected chi connectivity index (χ3v) is 1.97. The van der Waals surface area contributed by atoms with Gasteiger partial charge in [-0.05, 0) is 12.1 Å². The summed E-state index contributed by atoms with van der Waals surface area (Å²) in [5, 5.41) is 0. The minimum atomic E-state index is -4.39. The van der Waals surface area contributed by atoms with Crippen LogP contribution < -0.4 is 0 Å². The van der Waals surface area contributed by atoms with E-state index in [0.29, 0.717) is 0 Å². The van der Waals surface area contributed by atoms with Gasteiger partial charge in [0.1, 0.15) is 5.83 Å². The highest BCUT2D eigenvalue weighted by Gasteiger charge is 2.30. The van der Waals surface area contributed by atoms with Gasteiger partial charge in [0.25, 0.3) is 0 Å². The van der Waals surface area contributed by atoms with E-state index < -0.39 is 17.6 Å². The molecule has 5 heteroatoms. The lowest BCUT2D eigenvalue weighted by molar-refractivity contribution is -0.137. The fourth-order valence-corrected chi connectivity index (χ4v) is 1.22. The van der Waals surface area contributed by atoms with E-state index in [0.717, 1.165) is 24.3 Å². The average molecular weight is 231 g/mol. The van der Waals surface area contributed by atoms with Crippen molar-refractivity contribution in [1.29, 1.82) is 0 Å². The molecule has 1 nitrogen and oxygen atoms in total.